The number of carbonyl (C=O) groups is 4. The summed E-state index contributed by atoms with van der Waals surface area (Å²) >= 11 is 0. The van der Waals surface area contributed by atoms with Crippen molar-refractivity contribution in [2.24, 2.45) is 5.92 Å². The van der Waals surface area contributed by atoms with Crippen LogP contribution in [0.3, 0.4) is 0 Å². The van der Waals surface area contributed by atoms with Crippen LogP contribution in [-0.2, 0) is 30.3 Å². The predicted octanol–water partition coefficient (Wildman–Crippen LogP) is 2.72. The zero-order chi connectivity index (χ0) is 26.1. The Kier molecular flexibility index (Phi) is 10.5. The van der Waals surface area contributed by atoms with Gasteiger partial charge in [-0.25, -0.2) is 9.59 Å². The predicted molar refractivity (Wildman–Crippen MR) is 129 cm³/mol. The fraction of sp³-hybridized carbons (Fsp3) is 0.600. The molecule has 1 aromatic carbocycles. The van der Waals surface area contributed by atoms with Gasteiger partial charge in [0.1, 0.15) is 23.2 Å². The average molecular weight is 478 g/mol. The van der Waals surface area contributed by atoms with E-state index in [9.17, 15) is 19.2 Å². The second-order valence-electron chi connectivity index (χ2n) is 10.2. The van der Waals surface area contributed by atoms with Crippen molar-refractivity contribution in [2.75, 3.05) is 7.11 Å². The molecule has 0 saturated heterocycles. The fourth-order valence-corrected chi connectivity index (χ4v) is 3.11. The van der Waals surface area contributed by atoms with E-state index in [-0.39, 0.29) is 12.3 Å². The van der Waals surface area contributed by atoms with Gasteiger partial charge in [-0.15, -0.1) is 0 Å². The Balaban J connectivity index is 3.07. The van der Waals surface area contributed by atoms with Crippen LogP contribution in [0.2, 0.25) is 0 Å². The van der Waals surface area contributed by atoms with Crippen molar-refractivity contribution in [3.63, 3.8) is 0 Å². The summed E-state index contributed by atoms with van der Waals surface area (Å²) in [6, 6.07) is 7.34. The number of benzene rings is 1. The number of rotatable bonds is 10. The number of esters is 1. The first-order valence-electron chi connectivity index (χ1n) is 11.4. The van der Waals surface area contributed by atoms with Crippen LogP contribution >= 0.6 is 0 Å². The molecule has 0 aliphatic heterocycles. The minimum Gasteiger partial charge on any atom is -0.467 e. The lowest BCUT2D eigenvalue weighted by atomic mass is 9.99. The maximum Gasteiger partial charge on any atom is 0.408 e. The van der Waals surface area contributed by atoms with E-state index < -0.39 is 47.1 Å². The van der Waals surface area contributed by atoms with Gasteiger partial charge in [-0.2, -0.15) is 0 Å². The number of methoxy groups -OCH3 is 1. The molecule has 0 saturated carbocycles. The van der Waals surface area contributed by atoms with Gasteiger partial charge < -0.3 is 25.4 Å². The molecular formula is C25H39N3O6. The summed E-state index contributed by atoms with van der Waals surface area (Å²) in [4.78, 5) is 50.7. The Hall–Kier alpha value is -3.10. The number of hydrogen-bond acceptors (Lipinski definition) is 6. The first-order chi connectivity index (χ1) is 15.6. The van der Waals surface area contributed by atoms with Gasteiger partial charge in [0.25, 0.3) is 0 Å². The standard InChI is InChI=1S/C25H39N3O6/c1-16(2)14-19(21(30)33-8)26-20(29)18(15-17-12-10-9-11-13-17)27-22(31)25(6,7)28-23(32)34-24(3,4)5/h9-13,16,18-19H,14-15H2,1-8H3,(H,26,29)(H,27,31)(H,28,32)/t18-,19-/m0/s1. The molecule has 34 heavy (non-hydrogen) atoms. The van der Waals surface area contributed by atoms with Crippen LogP contribution in [0.1, 0.15) is 60.5 Å². The van der Waals surface area contributed by atoms with Gasteiger partial charge in [-0.3, -0.25) is 9.59 Å². The molecule has 0 radical (unpaired) electrons. The molecule has 9 nitrogen and oxygen atoms in total. The van der Waals surface area contributed by atoms with Crippen LogP contribution in [0.4, 0.5) is 4.79 Å². The maximum absolute atomic E-state index is 13.2. The summed E-state index contributed by atoms with van der Waals surface area (Å²) in [6.45, 7) is 12.0. The van der Waals surface area contributed by atoms with Crippen LogP contribution < -0.4 is 16.0 Å². The third-order valence-corrected chi connectivity index (χ3v) is 4.79. The number of amides is 3. The smallest absolute Gasteiger partial charge is 0.408 e. The number of ether oxygens (including phenoxy) is 2. The van der Waals surface area contributed by atoms with Crippen molar-refractivity contribution in [1.82, 2.24) is 16.0 Å². The quantitative estimate of drug-likeness (QED) is 0.445. The number of carbonyl (C=O) groups excluding carboxylic acids is 4. The van der Waals surface area contributed by atoms with E-state index in [4.69, 9.17) is 9.47 Å². The molecular weight excluding hydrogens is 438 g/mol. The molecule has 0 fully saturated rings. The summed E-state index contributed by atoms with van der Waals surface area (Å²) in [5.74, 6) is -1.53. The lowest BCUT2D eigenvalue weighted by Crippen LogP contribution is -2.60. The van der Waals surface area contributed by atoms with Crippen LogP contribution in [0.25, 0.3) is 0 Å². The number of nitrogens with one attached hydrogen (secondary N) is 3. The fourth-order valence-electron chi connectivity index (χ4n) is 3.11. The third kappa shape index (κ3) is 10.2. The van der Waals surface area contributed by atoms with E-state index in [0.717, 1.165) is 5.56 Å². The zero-order valence-corrected chi connectivity index (χ0v) is 21.5. The lowest BCUT2D eigenvalue weighted by molar-refractivity contribution is -0.146. The van der Waals surface area contributed by atoms with Crippen molar-refractivity contribution < 1.29 is 28.7 Å². The molecule has 3 N–H and O–H groups in total. The first-order valence-corrected chi connectivity index (χ1v) is 11.4. The van der Waals surface area contributed by atoms with Gasteiger partial charge >= 0.3 is 12.1 Å². The van der Waals surface area contributed by atoms with Crippen LogP contribution in [0, 0.1) is 5.92 Å². The Morgan fingerprint density at radius 1 is 0.912 bits per heavy atom. The topological polar surface area (TPSA) is 123 Å². The molecule has 0 heterocycles. The van der Waals surface area contributed by atoms with Crippen LogP contribution in [0.15, 0.2) is 30.3 Å². The van der Waals surface area contributed by atoms with E-state index >= 15 is 0 Å². The monoisotopic (exact) mass is 477 g/mol. The van der Waals surface area contributed by atoms with Crippen molar-refractivity contribution in [3.05, 3.63) is 35.9 Å². The molecule has 190 valence electrons. The van der Waals surface area contributed by atoms with Crippen LogP contribution in [0.5, 0.6) is 0 Å². The van der Waals surface area contributed by atoms with Crippen molar-refractivity contribution in [1.29, 1.82) is 0 Å². The van der Waals surface area contributed by atoms with E-state index in [2.05, 4.69) is 16.0 Å². The molecule has 9 heteroatoms. The molecule has 1 aromatic rings. The third-order valence-electron chi connectivity index (χ3n) is 4.79. The highest BCUT2D eigenvalue weighted by molar-refractivity contribution is 5.94. The second kappa shape index (κ2) is 12.4. The number of alkyl carbamates (subject to hydrolysis) is 1. The van der Waals surface area contributed by atoms with E-state index in [1.807, 2.05) is 44.2 Å². The molecule has 0 spiro atoms. The molecule has 0 unspecified atom stereocenters. The van der Waals surface area contributed by atoms with Gasteiger partial charge in [0, 0.05) is 6.42 Å². The van der Waals surface area contributed by atoms with Gasteiger partial charge in [0.05, 0.1) is 7.11 Å². The molecule has 2 atom stereocenters. The van der Waals surface area contributed by atoms with Gasteiger partial charge in [0.15, 0.2) is 0 Å². The lowest BCUT2D eigenvalue weighted by Gasteiger charge is -2.30. The summed E-state index contributed by atoms with van der Waals surface area (Å²) < 4.78 is 10.1. The van der Waals surface area contributed by atoms with Crippen LogP contribution in [-0.4, -0.2) is 54.2 Å². The Morgan fingerprint density at radius 2 is 1.50 bits per heavy atom. The maximum atomic E-state index is 13.2. The number of hydrogen-bond donors (Lipinski definition) is 3. The second-order valence-corrected chi connectivity index (χ2v) is 10.2. The zero-order valence-electron chi connectivity index (χ0n) is 21.5. The van der Waals surface area contributed by atoms with Gasteiger partial charge in [-0.1, -0.05) is 44.2 Å². The Morgan fingerprint density at radius 3 is 2.00 bits per heavy atom. The average Bonchev–Trinajstić information content (AvgIpc) is 2.70. The van der Waals surface area contributed by atoms with Gasteiger partial charge in [-0.05, 0) is 52.5 Å². The molecule has 0 aliphatic carbocycles. The Labute approximate surface area is 202 Å². The highest BCUT2D eigenvalue weighted by atomic mass is 16.6. The summed E-state index contributed by atoms with van der Waals surface area (Å²) in [5.41, 5.74) is -1.28. The molecule has 0 aromatic heterocycles. The first kappa shape index (κ1) is 28.9. The van der Waals surface area contributed by atoms with Crippen molar-refractivity contribution >= 4 is 23.9 Å². The molecule has 0 aliphatic rings. The Bertz CT molecular complexity index is 846. The highest BCUT2D eigenvalue weighted by Gasteiger charge is 2.35. The highest BCUT2D eigenvalue weighted by Crippen LogP contribution is 2.12. The summed E-state index contributed by atoms with van der Waals surface area (Å²) in [6.07, 6.45) is -0.175. The normalized spacial score (nSPS) is 13.4. The minimum absolute atomic E-state index is 0.128. The van der Waals surface area contributed by atoms with Crippen molar-refractivity contribution in [3.8, 4) is 0 Å². The van der Waals surface area contributed by atoms with E-state index in [1.54, 1.807) is 20.8 Å². The van der Waals surface area contributed by atoms with E-state index in [1.165, 1.54) is 21.0 Å². The largest absolute Gasteiger partial charge is 0.467 e. The SMILES string of the molecule is COC(=O)[C@H](CC(C)C)NC(=O)[C@H](Cc1ccccc1)NC(=O)C(C)(C)NC(=O)OC(C)(C)C. The molecule has 0 bridgehead atoms. The minimum atomic E-state index is -1.36. The van der Waals surface area contributed by atoms with E-state index in [0.29, 0.717) is 6.42 Å². The summed E-state index contributed by atoms with van der Waals surface area (Å²) in [7, 11) is 1.26. The molecule has 1 rings (SSSR count). The van der Waals surface area contributed by atoms with Crippen molar-refractivity contribution in [2.45, 2.75) is 84.5 Å². The van der Waals surface area contributed by atoms with Gasteiger partial charge in [0.2, 0.25) is 11.8 Å². The molecule has 3 amide bonds. The summed E-state index contributed by atoms with van der Waals surface area (Å²) in [5, 5.41) is 7.96.